The maximum atomic E-state index is 7.02. The molecule has 0 radical (unpaired) electrons. The molecular formula is C29H48OSi. The molecule has 3 fully saturated rings. The summed E-state index contributed by atoms with van der Waals surface area (Å²) in [5.41, 5.74) is 6.01. The Morgan fingerprint density at radius 2 is 1.68 bits per heavy atom. The third-order valence-corrected chi connectivity index (χ3v) is 15.8. The minimum Gasteiger partial charge on any atom is -0.414 e. The molecule has 0 amide bonds. The van der Waals surface area contributed by atoms with Crippen molar-refractivity contribution in [3.63, 3.8) is 0 Å². The van der Waals surface area contributed by atoms with E-state index in [2.05, 4.69) is 79.8 Å². The average Bonchev–Trinajstić information content (AvgIpc) is 3.04. The molecule has 0 heterocycles. The summed E-state index contributed by atoms with van der Waals surface area (Å²) in [7, 11) is -1.79. The summed E-state index contributed by atoms with van der Waals surface area (Å²) in [5, 5.41) is 0.294. The zero-order chi connectivity index (χ0) is 22.8. The first-order chi connectivity index (χ1) is 14.4. The van der Waals surface area contributed by atoms with Gasteiger partial charge in [0.2, 0.25) is 0 Å². The number of allylic oxidation sites excluding steroid dienone is 5. The molecule has 174 valence electrons. The van der Waals surface area contributed by atoms with E-state index in [9.17, 15) is 0 Å². The van der Waals surface area contributed by atoms with Crippen molar-refractivity contribution in [3.05, 3.63) is 34.9 Å². The molecule has 0 spiro atoms. The molecule has 0 aliphatic heterocycles. The predicted molar refractivity (Wildman–Crippen MR) is 137 cm³/mol. The Labute approximate surface area is 193 Å². The first kappa shape index (κ1) is 23.6. The van der Waals surface area contributed by atoms with Gasteiger partial charge in [0, 0.05) is 6.10 Å². The molecule has 5 atom stereocenters. The first-order valence-corrected chi connectivity index (χ1v) is 16.0. The lowest BCUT2D eigenvalue weighted by molar-refractivity contribution is 0.0677. The Kier molecular flexibility index (Phi) is 5.87. The first-order valence-electron chi connectivity index (χ1n) is 13.1. The van der Waals surface area contributed by atoms with Gasteiger partial charge in [-0.25, -0.2) is 0 Å². The molecular weight excluding hydrogens is 392 g/mol. The fraction of sp³-hybridized carbons (Fsp3) is 0.793. The van der Waals surface area contributed by atoms with Crippen LogP contribution in [0, 0.1) is 28.6 Å². The van der Waals surface area contributed by atoms with Crippen molar-refractivity contribution in [2.75, 3.05) is 0 Å². The molecule has 2 heteroatoms. The highest BCUT2D eigenvalue weighted by molar-refractivity contribution is 6.74. The van der Waals surface area contributed by atoms with E-state index in [1.54, 1.807) is 16.7 Å². The van der Waals surface area contributed by atoms with E-state index in [1.165, 1.54) is 38.5 Å². The Bertz CT molecular complexity index is 813. The van der Waals surface area contributed by atoms with E-state index >= 15 is 0 Å². The lowest BCUT2D eigenvalue weighted by atomic mass is 9.51. The molecule has 0 saturated heterocycles. The van der Waals surface area contributed by atoms with Gasteiger partial charge in [0.1, 0.15) is 0 Å². The molecule has 4 aliphatic carbocycles. The molecule has 3 saturated carbocycles. The Hall–Kier alpha value is -0.603. The van der Waals surface area contributed by atoms with Gasteiger partial charge in [0.25, 0.3) is 0 Å². The van der Waals surface area contributed by atoms with Crippen LogP contribution in [0.4, 0.5) is 0 Å². The summed E-state index contributed by atoms with van der Waals surface area (Å²) in [4.78, 5) is 0. The molecule has 4 rings (SSSR count). The second-order valence-corrected chi connectivity index (χ2v) is 17.6. The van der Waals surface area contributed by atoms with Gasteiger partial charge in [0.15, 0.2) is 8.32 Å². The van der Waals surface area contributed by atoms with Crippen LogP contribution in [0.5, 0.6) is 0 Å². The van der Waals surface area contributed by atoms with Crippen LogP contribution in [0.1, 0.15) is 93.4 Å². The standard InChI is InChI=1S/C29H48OSi/c1-10-21-12-14-25-24-13-11-22-19-23(30-31(8,9)27(4,5)20(2)3)15-17-29(22,7)26(24)16-18-28(21,25)6/h10-11,13,20,23,25-26H,12,14-19H2,1-9H3/b21-10-/t23-,25-,26-,28+,29-/m0/s1. The lowest BCUT2D eigenvalue weighted by Gasteiger charge is -2.55. The second-order valence-electron chi connectivity index (χ2n) is 13.1. The molecule has 0 N–H and O–H groups in total. The van der Waals surface area contributed by atoms with Crippen molar-refractivity contribution in [2.24, 2.45) is 28.6 Å². The zero-order valence-electron chi connectivity index (χ0n) is 21.9. The van der Waals surface area contributed by atoms with E-state index in [4.69, 9.17) is 4.43 Å². The summed E-state index contributed by atoms with van der Waals surface area (Å²) < 4.78 is 7.02. The third-order valence-electron chi connectivity index (χ3n) is 11.2. The normalized spacial score (nSPS) is 39.7. The van der Waals surface area contributed by atoms with Gasteiger partial charge in [0.05, 0.1) is 0 Å². The third kappa shape index (κ3) is 3.50. The fourth-order valence-corrected chi connectivity index (χ4v) is 10.4. The summed E-state index contributed by atoms with van der Waals surface area (Å²) >= 11 is 0. The minimum absolute atomic E-state index is 0.294. The van der Waals surface area contributed by atoms with E-state index in [0.29, 0.717) is 27.9 Å². The van der Waals surface area contributed by atoms with Crippen LogP contribution in [0.25, 0.3) is 0 Å². The van der Waals surface area contributed by atoms with E-state index < -0.39 is 8.32 Å². The van der Waals surface area contributed by atoms with Crippen molar-refractivity contribution in [2.45, 2.75) is 118 Å². The summed E-state index contributed by atoms with van der Waals surface area (Å²) in [5.74, 6) is 2.20. The molecule has 0 aromatic rings. The second kappa shape index (κ2) is 7.72. The van der Waals surface area contributed by atoms with Crippen LogP contribution < -0.4 is 0 Å². The zero-order valence-corrected chi connectivity index (χ0v) is 22.9. The number of hydrogen-bond acceptors (Lipinski definition) is 1. The highest BCUT2D eigenvalue weighted by Gasteiger charge is 2.55. The van der Waals surface area contributed by atoms with Crippen LogP contribution in [0.2, 0.25) is 18.1 Å². The van der Waals surface area contributed by atoms with Crippen molar-refractivity contribution in [3.8, 4) is 0 Å². The van der Waals surface area contributed by atoms with Crippen molar-refractivity contribution >= 4 is 8.32 Å². The lowest BCUT2D eigenvalue weighted by Crippen LogP contribution is -2.50. The molecule has 0 bridgehead atoms. The number of fused-ring (bicyclic) bond motifs is 5. The average molecular weight is 441 g/mol. The van der Waals surface area contributed by atoms with Crippen molar-refractivity contribution < 1.29 is 4.43 Å². The predicted octanol–water partition coefficient (Wildman–Crippen LogP) is 8.84. The van der Waals surface area contributed by atoms with Crippen molar-refractivity contribution in [1.29, 1.82) is 0 Å². The summed E-state index contributed by atoms with van der Waals surface area (Å²) in [6.45, 7) is 21.9. The Morgan fingerprint density at radius 1 is 1.03 bits per heavy atom. The minimum atomic E-state index is -1.79. The van der Waals surface area contributed by atoms with Gasteiger partial charge in [-0.2, -0.15) is 0 Å². The quantitative estimate of drug-likeness (QED) is 0.313. The van der Waals surface area contributed by atoms with Crippen LogP contribution in [-0.2, 0) is 4.43 Å². The Balaban J connectivity index is 1.57. The monoisotopic (exact) mass is 440 g/mol. The van der Waals surface area contributed by atoms with Gasteiger partial charge in [-0.05, 0) is 98.6 Å². The van der Waals surface area contributed by atoms with Gasteiger partial charge < -0.3 is 4.43 Å². The molecule has 0 unspecified atom stereocenters. The highest BCUT2D eigenvalue weighted by atomic mass is 28.4. The molecule has 1 nitrogen and oxygen atoms in total. The number of rotatable bonds is 4. The molecule has 0 aromatic carbocycles. The maximum Gasteiger partial charge on any atom is 0.192 e. The van der Waals surface area contributed by atoms with Gasteiger partial charge >= 0.3 is 0 Å². The van der Waals surface area contributed by atoms with E-state index in [0.717, 1.165) is 18.3 Å². The summed E-state index contributed by atoms with van der Waals surface area (Å²) in [6, 6.07) is 0. The van der Waals surface area contributed by atoms with E-state index in [1.807, 2.05) is 0 Å². The summed E-state index contributed by atoms with van der Waals surface area (Å²) in [6.07, 6.45) is 17.1. The van der Waals surface area contributed by atoms with Crippen LogP contribution in [0.3, 0.4) is 0 Å². The SMILES string of the molecule is C/C=C1/CC[C@H]2C3=CC=C4C[C@@H](O[Si](C)(C)C(C)(C)C(C)C)CC[C@]4(C)[C@H]3CC[C@]12C. The van der Waals surface area contributed by atoms with Crippen LogP contribution in [0.15, 0.2) is 34.9 Å². The number of hydrogen-bond donors (Lipinski definition) is 0. The topological polar surface area (TPSA) is 9.23 Å². The van der Waals surface area contributed by atoms with Gasteiger partial charge in [-0.15, -0.1) is 0 Å². The maximum absolute atomic E-state index is 7.02. The van der Waals surface area contributed by atoms with Crippen LogP contribution in [-0.4, -0.2) is 14.4 Å². The van der Waals surface area contributed by atoms with Gasteiger partial charge in [-0.1, -0.05) is 76.5 Å². The molecule has 4 aliphatic rings. The smallest absolute Gasteiger partial charge is 0.192 e. The van der Waals surface area contributed by atoms with E-state index in [-0.39, 0.29) is 0 Å². The van der Waals surface area contributed by atoms with Gasteiger partial charge in [-0.3, -0.25) is 0 Å². The largest absolute Gasteiger partial charge is 0.414 e. The Morgan fingerprint density at radius 3 is 2.32 bits per heavy atom. The fourth-order valence-electron chi connectivity index (χ4n) is 7.66. The highest BCUT2D eigenvalue weighted by Crippen LogP contribution is 2.65. The van der Waals surface area contributed by atoms with Crippen molar-refractivity contribution in [1.82, 2.24) is 0 Å². The molecule has 31 heavy (non-hydrogen) atoms. The molecule has 0 aromatic heterocycles. The van der Waals surface area contributed by atoms with Crippen LogP contribution >= 0.6 is 0 Å².